The largest absolute Gasteiger partial charge is 0.777 e. The number of halogens is 1. The van der Waals surface area contributed by atoms with Crippen LogP contribution in [0.1, 0.15) is 25.7 Å². The van der Waals surface area contributed by atoms with E-state index in [2.05, 4.69) is 29.9 Å². The first-order valence-electron chi connectivity index (χ1n) is 13.0. The SMILES string of the molecule is CP(C)(=O)C1CCC(Cn2cnc3c(Cl)nc(N)nc32)O1.Nc1nc(N)c2ncn(CC3CCC(P(=O)([O-])O)O3)c2n1.[NH4+]. The third kappa shape index (κ3) is 7.41. The fourth-order valence-corrected chi connectivity index (χ4v) is 7.21. The van der Waals surface area contributed by atoms with Crippen LogP contribution < -0.4 is 28.2 Å². The summed E-state index contributed by atoms with van der Waals surface area (Å²) in [7, 11) is -6.69. The van der Waals surface area contributed by atoms with Crippen molar-refractivity contribution in [3.63, 3.8) is 0 Å². The van der Waals surface area contributed by atoms with Crippen molar-refractivity contribution < 1.29 is 28.4 Å². The van der Waals surface area contributed by atoms with E-state index >= 15 is 0 Å². The molecule has 0 saturated carbocycles. The van der Waals surface area contributed by atoms with Crippen LogP contribution in [-0.2, 0) is 31.7 Å². The predicted octanol–water partition coefficient (Wildman–Crippen LogP) is 1.61. The molecule has 2 aliphatic rings. The number of anilines is 3. The van der Waals surface area contributed by atoms with Crippen LogP contribution in [0.5, 0.6) is 0 Å². The number of rotatable bonds is 6. The van der Waals surface area contributed by atoms with Gasteiger partial charge in [0.25, 0.3) is 0 Å². The molecule has 236 valence electrons. The van der Waals surface area contributed by atoms with Gasteiger partial charge in [-0.1, -0.05) is 11.6 Å². The lowest BCUT2D eigenvalue weighted by Crippen LogP contribution is -2.20. The summed E-state index contributed by atoms with van der Waals surface area (Å²) in [5.74, 6) is -0.971. The number of imidazole rings is 2. The number of nitrogen functional groups attached to an aromatic ring is 3. The van der Waals surface area contributed by atoms with Crippen molar-refractivity contribution in [2.24, 2.45) is 0 Å². The number of nitrogens with zero attached hydrogens (tertiary/aromatic N) is 8. The molecule has 4 aromatic rings. The summed E-state index contributed by atoms with van der Waals surface area (Å²) in [4.78, 5) is 44.3. The molecule has 6 rings (SSSR count). The van der Waals surface area contributed by atoms with Crippen LogP contribution in [0, 0.1) is 0 Å². The summed E-state index contributed by atoms with van der Waals surface area (Å²) in [6.45, 7) is 4.45. The van der Waals surface area contributed by atoms with Gasteiger partial charge < -0.3 is 60.9 Å². The van der Waals surface area contributed by atoms with Crippen LogP contribution in [0.3, 0.4) is 0 Å². The topological polar surface area (TPSA) is 298 Å². The number of hydrogen-bond acceptors (Lipinski definition) is 14. The molecule has 2 aliphatic heterocycles. The minimum atomic E-state index is -4.47. The van der Waals surface area contributed by atoms with Gasteiger partial charge in [0.1, 0.15) is 29.9 Å². The number of hydrogen-bond donors (Lipinski definition) is 5. The molecule has 4 aromatic heterocycles. The summed E-state index contributed by atoms with van der Waals surface area (Å²) in [5, 5.41) is 0.244. The zero-order valence-electron chi connectivity index (χ0n) is 23.8. The molecular weight excluding hydrogens is 626 g/mol. The average Bonchev–Trinajstić information content (AvgIpc) is 3.67. The van der Waals surface area contributed by atoms with E-state index in [-0.39, 0.29) is 53.5 Å². The molecule has 0 aromatic carbocycles. The third-order valence-electron chi connectivity index (χ3n) is 6.98. The van der Waals surface area contributed by atoms with E-state index < -0.39 is 20.6 Å². The molecule has 0 aliphatic carbocycles. The maximum atomic E-state index is 12.1. The second-order valence-corrected chi connectivity index (χ2v) is 16.1. The Morgan fingerprint density at radius 2 is 1.37 bits per heavy atom. The van der Waals surface area contributed by atoms with Crippen LogP contribution in [0.2, 0.25) is 5.15 Å². The Bertz CT molecular complexity index is 1580. The monoisotopic (exact) mass is 660 g/mol. The van der Waals surface area contributed by atoms with Gasteiger partial charge in [-0.15, -0.1) is 0 Å². The van der Waals surface area contributed by atoms with Crippen molar-refractivity contribution >= 4 is 66.4 Å². The standard InChI is InChI=1S/C12H17ClN5O2P.C10H15N6O4P.H3N/c1-21(2,19)8-4-3-7(20-8)5-18-6-15-9-10(13)16-12(14)17-11(9)18;11-8-7-9(15-10(12)14-8)16(4-13-7)3-5-1-2-6(20-5)21(17,18)19;/h6-8H,3-5H2,1-2H3,(H2,14,16,17);4-6H,1-3H2,(H2,17,18,19)(H4,11,12,14,15);1H3. The quantitative estimate of drug-likeness (QED) is 0.145. The molecule has 5 unspecified atom stereocenters. The van der Waals surface area contributed by atoms with Crippen LogP contribution in [-0.4, -0.2) is 81.2 Å². The number of quaternary nitrogens is 1. The van der Waals surface area contributed by atoms with Crippen LogP contribution in [0.4, 0.5) is 17.7 Å². The van der Waals surface area contributed by atoms with Gasteiger partial charge in [-0.05, 0) is 39.0 Å². The maximum absolute atomic E-state index is 12.1. The summed E-state index contributed by atoms with van der Waals surface area (Å²) < 4.78 is 37.9. The molecule has 0 amide bonds. The Hall–Kier alpha value is -2.95. The van der Waals surface area contributed by atoms with E-state index in [4.69, 9.17) is 43.2 Å². The van der Waals surface area contributed by atoms with E-state index in [0.717, 1.165) is 12.8 Å². The zero-order chi connectivity index (χ0) is 30.4. The lowest BCUT2D eigenvalue weighted by molar-refractivity contribution is -0.204. The Kier molecular flexibility index (Phi) is 9.64. The Morgan fingerprint density at radius 3 is 1.88 bits per heavy atom. The first-order chi connectivity index (χ1) is 19.7. The normalized spacial score (nSPS) is 23.6. The van der Waals surface area contributed by atoms with Gasteiger partial charge in [0.15, 0.2) is 29.9 Å². The van der Waals surface area contributed by atoms with Gasteiger partial charge in [-0.2, -0.15) is 19.9 Å². The second kappa shape index (κ2) is 12.6. The van der Waals surface area contributed by atoms with Crippen molar-refractivity contribution in [3.05, 3.63) is 17.8 Å². The fourth-order valence-electron chi connectivity index (χ4n) is 4.95. The smallest absolute Gasteiger partial charge is 0.224 e. The predicted molar refractivity (Wildman–Crippen MR) is 160 cm³/mol. The highest BCUT2D eigenvalue weighted by atomic mass is 35.5. The molecule has 0 radical (unpaired) electrons. The summed E-state index contributed by atoms with van der Waals surface area (Å²) >= 11 is 6.00. The number of fused-ring (bicyclic) bond motifs is 2. The lowest BCUT2D eigenvalue weighted by Gasteiger charge is -2.23. The van der Waals surface area contributed by atoms with E-state index in [0.29, 0.717) is 41.8 Å². The highest BCUT2D eigenvalue weighted by molar-refractivity contribution is 7.62. The van der Waals surface area contributed by atoms with Gasteiger partial charge >= 0.3 is 0 Å². The number of ether oxygens (including phenoxy) is 2. The highest BCUT2D eigenvalue weighted by Crippen LogP contribution is 2.49. The second-order valence-electron chi connectivity index (χ2n) is 10.6. The summed E-state index contributed by atoms with van der Waals surface area (Å²) in [6.07, 6.45) is 5.25. The molecular formula is C22H35ClN12O6P2. The Morgan fingerprint density at radius 1 is 0.884 bits per heavy atom. The van der Waals surface area contributed by atoms with Crippen LogP contribution in [0.25, 0.3) is 22.3 Å². The molecule has 2 fully saturated rings. The fraction of sp³-hybridized carbons (Fsp3) is 0.545. The minimum Gasteiger partial charge on any atom is -0.777 e. The summed E-state index contributed by atoms with van der Waals surface area (Å²) in [6, 6.07) is 0. The minimum absolute atomic E-state index is 0. The highest BCUT2D eigenvalue weighted by Gasteiger charge is 2.34. The van der Waals surface area contributed by atoms with Gasteiger partial charge in [0, 0.05) is 0 Å². The first kappa shape index (κ1) is 33.0. The van der Waals surface area contributed by atoms with Crippen LogP contribution in [0.15, 0.2) is 12.7 Å². The van der Waals surface area contributed by atoms with Gasteiger partial charge in [-0.3, -0.25) is 0 Å². The third-order valence-corrected chi connectivity index (χ3v) is 10.1. The first-order valence-corrected chi connectivity index (χ1v) is 17.6. The lowest BCUT2D eigenvalue weighted by atomic mass is 10.2. The molecule has 18 nitrogen and oxygen atoms in total. The average molecular weight is 661 g/mol. The van der Waals surface area contributed by atoms with Gasteiger partial charge in [0.2, 0.25) is 11.9 Å². The van der Waals surface area contributed by atoms with E-state index in [9.17, 15) is 14.0 Å². The molecule has 43 heavy (non-hydrogen) atoms. The number of aromatic nitrogens is 8. The van der Waals surface area contributed by atoms with Crippen molar-refractivity contribution in [1.82, 2.24) is 45.2 Å². The Balaban J connectivity index is 0.000000192. The molecule has 0 bridgehead atoms. The van der Waals surface area contributed by atoms with Crippen molar-refractivity contribution in [3.8, 4) is 0 Å². The van der Waals surface area contributed by atoms with E-state index in [1.807, 2.05) is 4.57 Å². The zero-order valence-corrected chi connectivity index (χ0v) is 26.3. The number of nitrogens with two attached hydrogens (primary N) is 3. The summed E-state index contributed by atoms with van der Waals surface area (Å²) in [5.41, 5.74) is 18.9. The molecule has 0 spiro atoms. The molecule has 2 saturated heterocycles. The van der Waals surface area contributed by atoms with Crippen LogP contribution >= 0.6 is 26.3 Å². The van der Waals surface area contributed by atoms with Crippen molar-refractivity contribution in [1.29, 1.82) is 0 Å². The molecule has 21 heteroatoms. The van der Waals surface area contributed by atoms with Gasteiger partial charge in [0.05, 0.1) is 38.0 Å². The molecule has 11 N–H and O–H groups in total. The van der Waals surface area contributed by atoms with E-state index in [1.165, 1.54) is 6.33 Å². The molecule has 5 atom stereocenters. The van der Waals surface area contributed by atoms with Gasteiger partial charge in [-0.25, -0.2) is 9.97 Å². The van der Waals surface area contributed by atoms with Crippen molar-refractivity contribution in [2.45, 2.75) is 62.7 Å². The van der Waals surface area contributed by atoms with E-state index in [1.54, 1.807) is 24.2 Å². The Labute approximate surface area is 250 Å². The maximum Gasteiger partial charge on any atom is 0.224 e. The van der Waals surface area contributed by atoms with Crippen molar-refractivity contribution in [2.75, 3.05) is 30.5 Å². The molecule has 6 heterocycles.